The molecule has 2 aromatic carbocycles. The summed E-state index contributed by atoms with van der Waals surface area (Å²) < 4.78 is 0. The Morgan fingerprint density at radius 3 is 2.57 bits per heavy atom. The second-order valence-corrected chi connectivity index (χ2v) is 5.03. The van der Waals surface area contributed by atoms with Crippen LogP contribution >= 0.6 is 11.6 Å². The van der Waals surface area contributed by atoms with Crippen molar-refractivity contribution in [2.75, 3.05) is 19.5 Å². The Morgan fingerprint density at radius 1 is 1.24 bits per heavy atom. The number of halogens is 1. The van der Waals surface area contributed by atoms with Gasteiger partial charge in [-0.05, 0) is 36.8 Å². The number of nitrogens with zero attached hydrogens (tertiary/aromatic N) is 1. The minimum absolute atomic E-state index is 0.287. The van der Waals surface area contributed by atoms with Gasteiger partial charge in [0, 0.05) is 18.4 Å². The number of carbonyl (C=O) groups excluding carboxylic acids is 1. The monoisotopic (exact) mass is 304 g/mol. The fourth-order valence-electron chi connectivity index (χ4n) is 1.89. The van der Waals surface area contributed by atoms with Gasteiger partial charge in [0.05, 0.1) is 17.7 Å². The normalized spacial score (nSPS) is 10.3. The Labute approximate surface area is 129 Å². The highest BCUT2D eigenvalue weighted by Gasteiger charge is 2.15. The number of hydrogen-bond donors (Lipinski definition) is 1. The highest BCUT2D eigenvalue weighted by atomic mass is 35.5. The molecule has 0 radical (unpaired) electrons. The van der Waals surface area contributed by atoms with E-state index in [1.165, 1.54) is 14.2 Å². The number of nitrogens with one attached hydrogen (secondary N) is 1. The first-order valence-electron chi connectivity index (χ1n) is 6.47. The zero-order valence-electron chi connectivity index (χ0n) is 12.2. The third kappa shape index (κ3) is 3.54. The molecule has 0 aromatic heterocycles. The zero-order chi connectivity index (χ0) is 15.4. The van der Waals surface area contributed by atoms with Crippen LogP contribution in [0.3, 0.4) is 0 Å². The van der Waals surface area contributed by atoms with Gasteiger partial charge in [0.25, 0.3) is 5.91 Å². The Hall–Kier alpha value is -2.04. The molecule has 0 fully saturated rings. The van der Waals surface area contributed by atoms with Gasteiger partial charge in [-0.1, -0.05) is 29.8 Å². The molecule has 0 atom stereocenters. The van der Waals surface area contributed by atoms with Crippen molar-refractivity contribution in [1.82, 2.24) is 5.06 Å². The maximum atomic E-state index is 12.0. The van der Waals surface area contributed by atoms with Gasteiger partial charge in [0.1, 0.15) is 0 Å². The highest BCUT2D eigenvalue weighted by molar-refractivity contribution is 6.34. The molecule has 0 aliphatic carbocycles. The molecular weight excluding hydrogens is 288 g/mol. The Kier molecular flexibility index (Phi) is 4.83. The summed E-state index contributed by atoms with van der Waals surface area (Å²) >= 11 is 6.19. The minimum Gasteiger partial charge on any atom is -0.355 e. The molecule has 0 saturated carbocycles. The number of benzene rings is 2. The van der Waals surface area contributed by atoms with Crippen molar-refractivity contribution in [1.29, 1.82) is 0 Å². The van der Waals surface area contributed by atoms with Gasteiger partial charge < -0.3 is 5.32 Å². The smallest absolute Gasteiger partial charge is 0.278 e. The van der Waals surface area contributed by atoms with E-state index in [1.807, 2.05) is 37.3 Å². The molecule has 1 amide bonds. The van der Waals surface area contributed by atoms with Crippen LogP contribution in [0.4, 0.5) is 11.4 Å². The van der Waals surface area contributed by atoms with Crippen LogP contribution < -0.4 is 5.32 Å². The van der Waals surface area contributed by atoms with E-state index in [0.29, 0.717) is 10.6 Å². The zero-order valence-corrected chi connectivity index (χ0v) is 12.9. The van der Waals surface area contributed by atoms with E-state index in [2.05, 4.69) is 5.32 Å². The fourth-order valence-corrected chi connectivity index (χ4v) is 2.15. The third-order valence-electron chi connectivity index (χ3n) is 3.18. The SMILES string of the molecule is CON(C)C(=O)c1ccc(Nc2ccccc2C)cc1Cl. The number of rotatable bonds is 4. The lowest BCUT2D eigenvalue weighted by Crippen LogP contribution is -2.25. The molecule has 4 nitrogen and oxygen atoms in total. The molecule has 21 heavy (non-hydrogen) atoms. The van der Waals surface area contributed by atoms with Crippen molar-refractivity contribution in [3.63, 3.8) is 0 Å². The van der Waals surface area contributed by atoms with Crippen LogP contribution in [-0.2, 0) is 4.84 Å². The number of amides is 1. The summed E-state index contributed by atoms with van der Waals surface area (Å²) in [6.45, 7) is 2.02. The number of aryl methyl sites for hydroxylation is 1. The maximum absolute atomic E-state index is 12.0. The van der Waals surface area contributed by atoms with Crippen LogP contribution in [0.25, 0.3) is 0 Å². The molecule has 2 aromatic rings. The average molecular weight is 305 g/mol. The molecule has 2 rings (SSSR count). The average Bonchev–Trinajstić information content (AvgIpc) is 2.48. The summed E-state index contributed by atoms with van der Waals surface area (Å²) in [5.74, 6) is -0.287. The van der Waals surface area contributed by atoms with E-state index in [9.17, 15) is 4.79 Å². The van der Waals surface area contributed by atoms with E-state index in [1.54, 1.807) is 12.1 Å². The first kappa shape index (κ1) is 15.4. The van der Waals surface area contributed by atoms with Gasteiger partial charge in [-0.2, -0.15) is 0 Å². The predicted molar refractivity (Wildman–Crippen MR) is 85.0 cm³/mol. The van der Waals surface area contributed by atoms with E-state index in [-0.39, 0.29) is 5.91 Å². The van der Waals surface area contributed by atoms with Crippen LogP contribution in [-0.4, -0.2) is 25.1 Å². The molecule has 0 unspecified atom stereocenters. The fraction of sp³-hybridized carbons (Fsp3) is 0.188. The Morgan fingerprint density at radius 2 is 1.95 bits per heavy atom. The van der Waals surface area contributed by atoms with Crippen LogP contribution in [0.5, 0.6) is 0 Å². The number of anilines is 2. The molecule has 1 N–H and O–H groups in total. The van der Waals surface area contributed by atoms with Crippen LogP contribution in [0, 0.1) is 6.92 Å². The number of hydrogen-bond acceptors (Lipinski definition) is 3. The van der Waals surface area contributed by atoms with E-state index >= 15 is 0 Å². The highest BCUT2D eigenvalue weighted by Crippen LogP contribution is 2.26. The first-order chi connectivity index (χ1) is 10.0. The molecule has 0 heterocycles. The summed E-state index contributed by atoms with van der Waals surface area (Å²) in [6, 6.07) is 13.2. The summed E-state index contributed by atoms with van der Waals surface area (Å²) in [5, 5.41) is 4.79. The molecule has 5 heteroatoms. The van der Waals surface area contributed by atoms with E-state index in [0.717, 1.165) is 22.0 Å². The molecular formula is C16H17ClN2O2. The quantitative estimate of drug-likeness (QED) is 0.867. The van der Waals surface area contributed by atoms with Crippen molar-refractivity contribution in [3.8, 4) is 0 Å². The lowest BCUT2D eigenvalue weighted by Gasteiger charge is -2.15. The van der Waals surface area contributed by atoms with Crippen LogP contribution in [0.1, 0.15) is 15.9 Å². The third-order valence-corrected chi connectivity index (χ3v) is 3.50. The molecule has 0 aliphatic heterocycles. The van der Waals surface area contributed by atoms with E-state index in [4.69, 9.17) is 16.4 Å². The Balaban J connectivity index is 2.24. The lowest BCUT2D eigenvalue weighted by molar-refractivity contribution is -0.0756. The summed E-state index contributed by atoms with van der Waals surface area (Å²) in [6.07, 6.45) is 0. The van der Waals surface area contributed by atoms with Gasteiger partial charge in [0.2, 0.25) is 0 Å². The van der Waals surface area contributed by atoms with Crippen molar-refractivity contribution in [3.05, 3.63) is 58.6 Å². The van der Waals surface area contributed by atoms with Crippen molar-refractivity contribution in [2.45, 2.75) is 6.92 Å². The topological polar surface area (TPSA) is 41.6 Å². The van der Waals surface area contributed by atoms with Gasteiger partial charge in [-0.25, -0.2) is 5.06 Å². The molecule has 0 saturated heterocycles. The van der Waals surface area contributed by atoms with Gasteiger partial charge >= 0.3 is 0 Å². The molecule has 0 bridgehead atoms. The second-order valence-electron chi connectivity index (χ2n) is 4.62. The molecule has 0 spiro atoms. The minimum atomic E-state index is -0.287. The van der Waals surface area contributed by atoms with Gasteiger partial charge in [0.15, 0.2) is 0 Å². The predicted octanol–water partition coefficient (Wildman–Crippen LogP) is 4.03. The van der Waals surface area contributed by atoms with Crippen molar-refractivity contribution in [2.24, 2.45) is 0 Å². The van der Waals surface area contributed by atoms with Crippen LogP contribution in [0.15, 0.2) is 42.5 Å². The van der Waals surface area contributed by atoms with Gasteiger partial charge in [-0.3, -0.25) is 9.63 Å². The summed E-state index contributed by atoms with van der Waals surface area (Å²) in [7, 11) is 2.97. The lowest BCUT2D eigenvalue weighted by atomic mass is 10.1. The molecule has 110 valence electrons. The van der Waals surface area contributed by atoms with E-state index < -0.39 is 0 Å². The number of carbonyl (C=O) groups is 1. The second kappa shape index (κ2) is 6.61. The van der Waals surface area contributed by atoms with Crippen molar-refractivity contribution < 1.29 is 9.63 Å². The maximum Gasteiger partial charge on any atom is 0.278 e. The van der Waals surface area contributed by atoms with Crippen LogP contribution in [0.2, 0.25) is 5.02 Å². The summed E-state index contributed by atoms with van der Waals surface area (Å²) in [4.78, 5) is 16.9. The van der Waals surface area contributed by atoms with Gasteiger partial charge in [-0.15, -0.1) is 0 Å². The summed E-state index contributed by atoms with van der Waals surface area (Å²) in [5.41, 5.74) is 3.36. The Bertz CT molecular complexity index is 658. The number of hydroxylamine groups is 2. The first-order valence-corrected chi connectivity index (χ1v) is 6.85. The largest absolute Gasteiger partial charge is 0.355 e. The van der Waals surface area contributed by atoms with Crippen molar-refractivity contribution >= 4 is 28.9 Å². The molecule has 0 aliphatic rings. The number of para-hydroxylation sites is 1. The standard InChI is InChI=1S/C16H17ClN2O2/c1-11-6-4-5-7-15(11)18-12-8-9-13(14(17)10-12)16(20)19(2)21-3/h4-10,18H,1-3H3.